The van der Waals surface area contributed by atoms with Gasteiger partial charge in [-0.25, -0.2) is 14.4 Å². The van der Waals surface area contributed by atoms with Gasteiger partial charge < -0.3 is 4.90 Å². The molecule has 3 rings (SSSR count). The van der Waals surface area contributed by atoms with Crippen molar-refractivity contribution in [1.29, 1.82) is 0 Å². The first-order valence-corrected chi connectivity index (χ1v) is 6.83. The van der Waals surface area contributed by atoms with Gasteiger partial charge in [-0.05, 0) is 30.3 Å². The highest BCUT2D eigenvalue weighted by Crippen LogP contribution is 2.28. The van der Waals surface area contributed by atoms with E-state index < -0.39 is 0 Å². The van der Waals surface area contributed by atoms with Crippen molar-refractivity contribution < 1.29 is 4.39 Å². The average Bonchev–Trinajstić information content (AvgIpc) is 2.46. The molecular weight excluding hydrogens is 289 g/mol. The van der Waals surface area contributed by atoms with Crippen LogP contribution in [0.25, 0.3) is 22.3 Å². The zero-order chi connectivity index (χ0) is 15.0. The van der Waals surface area contributed by atoms with Crippen molar-refractivity contribution in [3.05, 3.63) is 53.4 Å². The fraction of sp³-hybridized carbons (Fsp3) is 0.125. The number of benzene rings is 2. The summed E-state index contributed by atoms with van der Waals surface area (Å²) in [7, 11) is 3.91. The third-order valence-electron chi connectivity index (χ3n) is 3.23. The molecule has 21 heavy (non-hydrogen) atoms. The van der Waals surface area contributed by atoms with Gasteiger partial charge in [0.1, 0.15) is 11.0 Å². The Balaban J connectivity index is 2.18. The smallest absolute Gasteiger partial charge is 0.161 e. The lowest BCUT2D eigenvalue weighted by atomic mass is 10.1. The van der Waals surface area contributed by atoms with Crippen molar-refractivity contribution in [3.8, 4) is 11.4 Å². The van der Waals surface area contributed by atoms with Gasteiger partial charge in [0.25, 0.3) is 0 Å². The number of hydrogen-bond donors (Lipinski definition) is 0. The molecule has 5 heteroatoms. The van der Waals surface area contributed by atoms with Crippen LogP contribution in [0.4, 0.5) is 10.1 Å². The minimum Gasteiger partial charge on any atom is -0.378 e. The van der Waals surface area contributed by atoms with E-state index in [-0.39, 0.29) is 5.82 Å². The molecule has 0 bridgehead atoms. The Hall–Kier alpha value is -2.20. The molecule has 0 saturated heterocycles. The molecular formula is C16H13ClFN3. The molecule has 1 aromatic heterocycles. The van der Waals surface area contributed by atoms with E-state index in [4.69, 9.17) is 11.6 Å². The number of hydrogen-bond acceptors (Lipinski definition) is 3. The Kier molecular flexibility index (Phi) is 3.47. The van der Waals surface area contributed by atoms with Gasteiger partial charge in [-0.1, -0.05) is 23.7 Å². The van der Waals surface area contributed by atoms with Gasteiger partial charge in [0.05, 0.1) is 5.52 Å². The second-order valence-corrected chi connectivity index (χ2v) is 5.30. The predicted molar refractivity (Wildman–Crippen MR) is 84.3 cm³/mol. The minimum absolute atomic E-state index is 0.324. The van der Waals surface area contributed by atoms with Crippen molar-refractivity contribution in [2.24, 2.45) is 0 Å². The van der Waals surface area contributed by atoms with E-state index in [1.54, 1.807) is 12.1 Å². The van der Waals surface area contributed by atoms with E-state index in [0.29, 0.717) is 16.5 Å². The Bertz CT molecular complexity index is 818. The van der Waals surface area contributed by atoms with Crippen molar-refractivity contribution in [2.45, 2.75) is 0 Å². The van der Waals surface area contributed by atoms with Crippen molar-refractivity contribution >= 4 is 28.2 Å². The lowest BCUT2D eigenvalue weighted by molar-refractivity contribution is 0.628. The van der Waals surface area contributed by atoms with E-state index in [1.807, 2.05) is 37.2 Å². The van der Waals surface area contributed by atoms with E-state index in [9.17, 15) is 4.39 Å². The van der Waals surface area contributed by atoms with Crippen molar-refractivity contribution in [3.63, 3.8) is 0 Å². The lowest BCUT2D eigenvalue weighted by Crippen LogP contribution is -2.08. The average molecular weight is 302 g/mol. The van der Waals surface area contributed by atoms with E-state index in [0.717, 1.165) is 16.6 Å². The highest BCUT2D eigenvalue weighted by molar-refractivity contribution is 6.34. The number of fused-ring (bicyclic) bond motifs is 1. The molecule has 0 radical (unpaired) electrons. The zero-order valence-corrected chi connectivity index (χ0v) is 12.4. The molecule has 0 aliphatic heterocycles. The third kappa shape index (κ3) is 2.67. The number of aromatic nitrogens is 2. The Morgan fingerprint density at radius 2 is 1.86 bits per heavy atom. The van der Waals surface area contributed by atoms with Crippen LogP contribution in [0.3, 0.4) is 0 Å². The number of anilines is 1. The molecule has 0 unspecified atom stereocenters. The van der Waals surface area contributed by atoms with E-state index in [2.05, 4.69) is 9.97 Å². The maximum atomic E-state index is 13.3. The molecule has 2 aromatic carbocycles. The summed E-state index contributed by atoms with van der Waals surface area (Å²) < 4.78 is 13.3. The number of halogens is 2. The van der Waals surface area contributed by atoms with Gasteiger partial charge in [-0.15, -0.1) is 0 Å². The summed E-state index contributed by atoms with van der Waals surface area (Å²) in [6, 6.07) is 12.0. The maximum Gasteiger partial charge on any atom is 0.161 e. The molecule has 0 saturated carbocycles. The van der Waals surface area contributed by atoms with Crippen LogP contribution in [0, 0.1) is 5.82 Å². The molecule has 0 atom stereocenters. The monoisotopic (exact) mass is 301 g/mol. The molecule has 0 fully saturated rings. The van der Waals surface area contributed by atoms with Crippen molar-refractivity contribution in [2.75, 3.05) is 19.0 Å². The largest absolute Gasteiger partial charge is 0.378 e. The number of rotatable bonds is 2. The summed E-state index contributed by atoms with van der Waals surface area (Å²) in [5.41, 5.74) is 2.36. The summed E-state index contributed by atoms with van der Waals surface area (Å²) in [4.78, 5) is 10.7. The van der Waals surface area contributed by atoms with Crippen molar-refractivity contribution in [1.82, 2.24) is 9.97 Å². The summed E-state index contributed by atoms with van der Waals surface area (Å²) >= 11 is 6.27. The second kappa shape index (κ2) is 5.30. The molecule has 3 aromatic rings. The first-order chi connectivity index (χ1) is 10.0. The van der Waals surface area contributed by atoms with E-state index >= 15 is 0 Å². The molecule has 0 aliphatic carbocycles. The standard InChI is InChI=1S/C16H13ClFN3/c1-21(2)12-6-7-14-13(9-12)15(17)20-16(19-14)10-4-3-5-11(18)8-10/h3-9H,1-2H3. The normalized spacial score (nSPS) is 10.9. The molecule has 0 N–H and O–H groups in total. The first kappa shape index (κ1) is 13.8. The lowest BCUT2D eigenvalue weighted by Gasteiger charge is -2.13. The molecule has 3 nitrogen and oxygen atoms in total. The van der Waals surface area contributed by atoms with Crippen LogP contribution < -0.4 is 4.90 Å². The van der Waals surface area contributed by atoms with Crippen LogP contribution in [0.2, 0.25) is 5.15 Å². The maximum absolute atomic E-state index is 13.3. The van der Waals surface area contributed by atoms with Gasteiger partial charge in [-0.3, -0.25) is 0 Å². The van der Waals surface area contributed by atoms with Crippen LogP contribution >= 0.6 is 11.6 Å². The Labute approximate surface area is 127 Å². The Morgan fingerprint density at radius 3 is 2.57 bits per heavy atom. The van der Waals surface area contributed by atoms with Gasteiger partial charge >= 0.3 is 0 Å². The van der Waals surface area contributed by atoms with Crippen LogP contribution in [0.1, 0.15) is 0 Å². The summed E-state index contributed by atoms with van der Waals surface area (Å²) in [5.74, 6) is 0.0971. The summed E-state index contributed by atoms with van der Waals surface area (Å²) in [5, 5.41) is 1.14. The quantitative estimate of drug-likeness (QED) is 0.666. The summed E-state index contributed by atoms with van der Waals surface area (Å²) in [6.07, 6.45) is 0. The molecule has 106 valence electrons. The SMILES string of the molecule is CN(C)c1ccc2nc(-c3cccc(F)c3)nc(Cl)c2c1. The highest BCUT2D eigenvalue weighted by Gasteiger charge is 2.10. The third-order valence-corrected chi connectivity index (χ3v) is 3.52. The number of nitrogens with zero attached hydrogens (tertiary/aromatic N) is 3. The minimum atomic E-state index is -0.324. The topological polar surface area (TPSA) is 29.0 Å². The van der Waals surface area contributed by atoms with Gasteiger partial charge in [0.15, 0.2) is 5.82 Å². The summed E-state index contributed by atoms with van der Waals surface area (Å²) in [6.45, 7) is 0. The van der Waals surface area contributed by atoms with Crippen LogP contribution in [0.15, 0.2) is 42.5 Å². The van der Waals surface area contributed by atoms with Crippen LogP contribution in [-0.2, 0) is 0 Å². The molecule has 0 aliphatic rings. The fourth-order valence-electron chi connectivity index (χ4n) is 2.11. The van der Waals surface area contributed by atoms with Crippen LogP contribution in [-0.4, -0.2) is 24.1 Å². The molecule has 0 amide bonds. The van der Waals surface area contributed by atoms with E-state index in [1.165, 1.54) is 12.1 Å². The zero-order valence-electron chi connectivity index (χ0n) is 11.6. The fourth-order valence-corrected chi connectivity index (χ4v) is 2.35. The molecule has 1 heterocycles. The van der Waals surface area contributed by atoms with Gasteiger partial charge in [-0.2, -0.15) is 0 Å². The van der Waals surface area contributed by atoms with Crippen LogP contribution in [0.5, 0.6) is 0 Å². The van der Waals surface area contributed by atoms with Gasteiger partial charge in [0.2, 0.25) is 0 Å². The predicted octanol–water partition coefficient (Wildman–Crippen LogP) is 4.16. The van der Waals surface area contributed by atoms with Gasteiger partial charge in [0, 0.05) is 30.7 Å². The molecule has 0 spiro atoms. The highest BCUT2D eigenvalue weighted by atomic mass is 35.5. The Morgan fingerprint density at radius 1 is 1.05 bits per heavy atom. The second-order valence-electron chi connectivity index (χ2n) is 4.94. The first-order valence-electron chi connectivity index (χ1n) is 6.45.